The zero-order valence-electron chi connectivity index (χ0n) is 11.8. The highest BCUT2D eigenvalue weighted by atomic mass is 19.1. The van der Waals surface area contributed by atoms with E-state index < -0.39 is 5.60 Å². The van der Waals surface area contributed by atoms with Gasteiger partial charge in [0, 0.05) is 19.0 Å². The monoisotopic (exact) mass is 301 g/mol. The van der Waals surface area contributed by atoms with Crippen molar-refractivity contribution >= 4 is 17.8 Å². The van der Waals surface area contributed by atoms with Crippen LogP contribution in [0.2, 0.25) is 0 Å². The van der Waals surface area contributed by atoms with Gasteiger partial charge in [0.05, 0.1) is 0 Å². The fraction of sp³-hybridized carbons (Fsp3) is 0.176. The number of carbonyl (C=O) groups is 2. The van der Waals surface area contributed by atoms with E-state index in [4.69, 9.17) is 0 Å². The molecule has 0 saturated heterocycles. The normalized spacial score (nSPS) is 16.2. The lowest BCUT2D eigenvalue weighted by Crippen LogP contribution is -2.32. The van der Waals surface area contributed by atoms with Crippen molar-refractivity contribution < 1.29 is 19.1 Å². The molecule has 2 rings (SSSR count). The molecule has 1 aliphatic carbocycles. The highest BCUT2D eigenvalue weighted by Crippen LogP contribution is 2.17. The van der Waals surface area contributed by atoms with E-state index in [1.54, 1.807) is 12.1 Å². The van der Waals surface area contributed by atoms with Crippen LogP contribution in [0.1, 0.15) is 12.0 Å². The molecule has 1 aromatic rings. The van der Waals surface area contributed by atoms with E-state index in [1.165, 1.54) is 48.6 Å². The maximum Gasteiger partial charge on any atom is 0.244 e. The van der Waals surface area contributed by atoms with E-state index in [0.29, 0.717) is 5.56 Å². The zero-order valence-corrected chi connectivity index (χ0v) is 11.8. The van der Waals surface area contributed by atoms with Gasteiger partial charge in [-0.1, -0.05) is 12.1 Å². The Morgan fingerprint density at radius 1 is 1.32 bits per heavy atom. The molecule has 0 saturated carbocycles. The number of halogens is 1. The average Bonchev–Trinajstić information content (AvgIpc) is 2.49. The molecule has 0 spiro atoms. The number of hydrogen-bond donors (Lipinski definition) is 2. The second-order valence-electron chi connectivity index (χ2n) is 4.99. The summed E-state index contributed by atoms with van der Waals surface area (Å²) in [7, 11) is 0. The minimum atomic E-state index is -1.21. The molecule has 0 unspecified atom stereocenters. The number of allylic oxidation sites excluding steroid dienone is 2. The van der Waals surface area contributed by atoms with Crippen LogP contribution >= 0.6 is 0 Å². The minimum Gasteiger partial charge on any atom is -0.382 e. The number of carbonyl (C=O) groups excluding carboxylic acids is 2. The van der Waals surface area contributed by atoms with Gasteiger partial charge in [-0.2, -0.15) is 0 Å². The quantitative estimate of drug-likeness (QED) is 0.815. The number of nitrogens with one attached hydrogen (secondary N) is 1. The summed E-state index contributed by atoms with van der Waals surface area (Å²) in [5.74, 6) is -0.880. The van der Waals surface area contributed by atoms with Gasteiger partial charge < -0.3 is 10.4 Å². The van der Waals surface area contributed by atoms with Crippen molar-refractivity contribution in [3.05, 3.63) is 66.0 Å². The summed E-state index contributed by atoms with van der Waals surface area (Å²) in [6.07, 6.45) is 8.47. The summed E-state index contributed by atoms with van der Waals surface area (Å²) in [6, 6.07) is 5.89. The molecule has 1 aromatic carbocycles. The largest absolute Gasteiger partial charge is 0.382 e. The van der Waals surface area contributed by atoms with Crippen molar-refractivity contribution in [1.29, 1.82) is 0 Å². The van der Waals surface area contributed by atoms with Crippen LogP contribution in [0.4, 0.5) is 4.39 Å². The summed E-state index contributed by atoms with van der Waals surface area (Å²) in [6.45, 7) is 0.242. The Morgan fingerprint density at radius 3 is 2.73 bits per heavy atom. The summed E-state index contributed by atoms with van der Waals surface area (Å²) in [5, 5.41) is 12.7. The Labute approximate surface area is 127 Å². The van der Waals surface area contributed by atoms with Crippen molar-refractivity contribution in [2.75, 3.05) is 6.54 Å². The van der Waals surface area contributed by atoms with Crippen LogP contribution in [0.5, 0.6) is 0 Å². The van der Waals surface area contributed by atoms with Gasteiger partial charge in [-0.3, -0.25) is 9.59 Å². The average molecular weight is 301 g/mol. The smallest absolute Gasteiger partial charge is 0.244 e. The van der Waals surface area contributed by atoms with Crippen LogP contribution in [0.25, 0.3) is 6.08 Å². The molecule has 0 aliphatic heterocycles. The molecule has 1 amide bonds. The topological polar surface area (TPSA) is 66.4 Å². The van der Waals surface area contributed by atoms with Crippen molar-refractivity contribution in [2.24, 2.45) is 0 Å². The van der Waals surface area contributed by atoms with Crippen LogP contribution in [0, 0.1) is 5.82 Å². The molecule has 0 radical (unpaired) electrons. The first-order valence-corrected chi connectivity index (χ1v) is 6.83. The molecule has 114 valence electrons. The first-order valence-electron chi connectivity index (χ1n) is 6.83. The molecule has 1 aliphatic rings. The number of hydrogen-bond acceptors (Lipinski definition) is 3. The summed E-state index contributed by atoms with van der Waals surface area (Å²) in [5.41, 5.74) is -0.626. The molecule has 0 fully saturated rings. The highest BCUT2D eigenvalue weighted by Gasteiger charge is 2.22. The van der Waals surface area contributed by atoms with Crippen LogP contribution < -0.4 is 5.32 Å². The summed E-state index contributed by atoms with van der Waals surface area (Å²) < 4.78 is 13.0. The van der Waals surface area contributed by atoms with Crippen molar-refractivity contribution in [1.82, 2.24) is 5.32 Å². The molecule has 5 heteroatoms. The molecule has 0 atom stereocenters. The summed E-state index contributed by atoms with van der Waals surface area (Å²) in [4.78, 5) is 22.6. The van der Waals surface area contributed by atoms with Gasteiger partial charge in [-0.05, 0) is 48.1 Å². The van der Waals surface area contributed by atoms with Crippen LogP contribution in [0.15, 0.2) is 54.6 Å². The minimum absolute atomic E-state index is 0.174. The first kappa shape index (κ1) is 15.9. The lowest BCUT2D eigenvalue weighted by atomic mass is 9.94. The maximum atomic E-state index is 13.0. The number of ketones is 1. The van der Waals surface area contributed by atoms with Crippen LogP contribution in [0.3, 0.4) is 0 Å². The van der Waals surface area contributed by atoms with Crippen LogP contribution in [-0.2, 0) is 9.59 Å². The Bertz CT molecular complexity index is 646. The predicted molar refractivity (Wildman–Crippen MR) is 81.3 cm³/mol. The van der Waals surface area contributed by atoms with Gasteiger partial charge in [0.1, 0.15) is 11.4 Å². The fourth-order valence-corrected chi connectivity index (χ4v) is 1.96. The number of rotatable bonds is 5. The molecule has 0 heterocycles. The Morgan fingerprint density at radius 2 is 2.05 bits per heavy atom. The molecule has 2 N–H and O–H groups in total. The number of benzene rings is 1. The molecular formula is C17H16FNO3. The van der Waals surface area contributed by atoms with Gasteiger partial charge in [-0.15, -0.1) is 0 Å². The third-order valence-electron chi connectivity index (χ3n) is 3.17. The standard InChI is InChI=1S/C17H16FNO3/c18-14-3-1-2-13(12-14)4-5-16(21)19-11-10-17(22)8-6-15(20)7-9-17/h1-9,12,22H,10-11H2,(H,19,21)/b5-4+. The number of aliphatic hydroxyl groups is 1. The zero-order chi connectivity index (χ0) is 16.0. The van der Waals surface area contributed by atoms with E-state index in [0.717, 1.165) is 0 Å². The Kier molecular flexibility index (Phi) is 5.01. The van der Waals surface area contributed by atoms with Crippen LogP contribution in [-0.4, -0.2) is 28.9 Å². The van der Waals surface area contributed by atoms with Crippen molar-refractivity contribution in [2.45, 2.75) is 12.0 Å². The van der Waals surface area contributed by atoms with E-state index in [-0.39, 0.29) is 30.5 Å². The fourth-order valence-electron chi connectivity index (χ4n) is 1.96. The maximum absolute atomic E-state index is 13.0. The predicted octanol–water partition coefficient (Wildman–Crippen LogP) is 1.77. The highest BCUT2D eigenvalue weighted by molar-refractivity contribution is 6.00. The van der Waals surface area contributed by atoms with E-state index >= 15 is 0 Å². The van der Waals surface area contributed by atoms with Crippen molar-refractivity contribution in [3.63, 3.8) is 0 Å². The first-order chi connectivity index (χ1) is 10.5. The second-order valence-corrected chi connectivity index (χ2v) is 4.99. The SMILES string of the molecule is O=C1C=CC(O)(CCNC(=O)/C=C/c2cccc(F)c2)C=C1. The van der Waals surface area contributed by atoms with E-state index in [2.05, 4.69) is 5.32 Å². The Hall–Kier alpha value is -2.53. The second kappa shape index (κ2) is 6.95. The van der Waals surface area contributed by atoms with Gasteiger partial charge in [0.2, 0.25) is 5.91 Å². The van der Waals surface area contributed by atoms with E-state index in [1.807, 2.05) is 0 Å². The van der Waals surface area contributed by atoms with Gasteiger partial charge >= 0.3 is 0 Å². The lowest BCUT2D eigenvalue weighted by molar-refractivity contribution is -0.116. The van der Waals surface area contributed by atoms with E-state index in [9.17, 15) is 19.1 Å². The van der Waals surface area contributed by atoms with Gasteiger partial charge in [-0.25, -0.2) is 4.39 Å². The summed E-state index contributed by atoms with van der Waals surface area (Å²) >= 11 is 0. The number of amides is 1. The Balaban J connectivity index is 1.80. The van der Waals surface area contributed by atoms with Gasteiger partial charge in [0.15, 0.2) is 5.78 Å². The molecule has 4 nitrogen and oxygen atoms in total. The molecule has 22 heavy (non-hydrogen) atoms. The third kappa shape index (κ3) is 4.79. The third-order valence-corrected chi connectivity index (χ3v) is 3.17. The molecular weight excluding hydrogens is 285 g/mol. The molecule has 0 bridgehead atoms. The van der Waals surface area contributed by atoms with Crippen molar-refractivity contribution in [3.8, 4) is 0 Å². The lowest BCUT2D eigenvalue weighted by Gasteiger charge is -2.22. The van der Waals surface area contributed by atoms with Gasteiger partial charge in [0.25, 0.3) is 0 Å². The molecule has 0 aromatic heterocycles.